The van der Waals surface area contributed by atoms with E-state index in [1.807, 2.05) is 0 Å². The Morgan fingerprint density at radius 3 is 2.76 bits per heavy atom. The monoisotopic (exact) mass is 236 g/mol. The Balaban J connectivity index is 2.26. The Bertz CT molecular complexity index is 414. The zero-order valence-corrected chi connectivity index (χ0v) is 9.56. The van der Waals surface area contributed by atoms with Crippen LogP contribution in [0.3, 0.4) is 0 Å². The second-order valence-corrected chi connectivity index (χ2v) is 3.93. The normalized spacial score (nSPS) is 15.9. The molecule has 0 saturated carbocycles. The number of hydrogen-bond donors (Lipinski definition) is 2. The van der Waals surface area contributed by atoms with Gasteiger partial charge in [0.05, 0.1) is 25.3 Å². The molecule has 2 rings (SSSR count). The summed E-state index contributed by atoms with van der Waals surface area (Å²) in [5, 5.41) is 9.62. The van der Waals surface area contributed by atoms with E-state index >= 15 is 0 Å². The molecule has 5 nitrogen and oxygen atoms in total. The molecule has 0 spiro atoms. The molecule has 17 heavy (non-hydrogen) atoms. The van der Waals surface area contributed by atoms with Crippen LogP contribution in [0.4, 0.5) is 5.69 Å². The number of anilines is 1. The van der Waals surface area contributed by atoms with Gasteiger partial charge in [0.2, 0.25) is 0 Å². The third-order valence-corrected chi connectivity index (χ3v) is 2.84. The number of nitrogens with zero attached hydrogens (tertiary/aromatic N) is 1. The van der Waals surface area contributed by atoms with E-state index in [0.29, 0.717) is 13.2 Å². The molecule has 1 aliphatic heterocycles. The summed E-state index contributed by atoms with van der Waals surface area (Å²) in [6.07, 6.45) is 0. The fraction of sp³-hybridized carbons (Fsp3) is 0.417. The summed E-state index contributed by atoms with van der Waals surface area (Å²) in [6, 6.07) is 5.03. The number of phenolic OH excluding ortho intramolecular Hbond substituents is 1. The number of phenols is 1. The van der Waals surface area contributed by atoms with Crippen LogP contribution in [0.15, 0.2) is 18.2 Å². The van der Waals surface area contributed by atoms with Crippen LogP contribution in [0, 0.1) is 0 Å². The first kappa shape index (κ1) is 11.9. The van der Waals surface area contributed by atoms with Gasteiger partial charge < -0.3 is 20.5 Å². The summed E-state index contributed by atoms with van der Waals surface area (Å²) in [6.45, 7) is 2.85. The van der Waals surface area contributed by atoms with Crippen molar-refractivity contribution < 1.29 is 14.6 Å². The topological polar surface area (TPSA) is 75.8 Å². The molecule has 1 heterocycles. The number of ether oxygens (including phenoxy) is 1. The van der Waals surface area contributed by atoms with Crippen LogP contribution >= 0.6 is 0 Å². The molecule has 0 amide bonds. The molecule has 1 saturated heterocycles. The van der Waals surface area contributed by atoms with Gasteiger partial charge in [0, 0.05) is 18.8 Å². The van der Waals surface area contributed by atoms with Crippen LogP contribution in [-0.2, 0) is 4.74 Å². The molecule has 1 fully saturated rings. The van der Waals surface area contributed by atoms with Gasteiger partial charge in [-0.2, -0.15) is 0 Å². The van der Waals surface area contributed by atoms with Gasteiger partial charge in [-0.3, -0.25) is 4.79 Å². The first-order valence-corrected chi connectivity index (χ1v) is 5.61. The molecule has 1 aromatic carbocycles. The first-order valence-electron chi connectivity index (χ1n) is 5.61. The van der Waals surface area contributed by atoms with Crippen LogP contribution < -0.4 is 10.6 Å². The number of aromatic hydroxyl groups is 1. The Morgan fingerprint density at radius 1 is 1.41 bits per heavy atom. The number of hydrogen-bond acceptors (Lipinski definition) is 5. The van der Waals surface area contributed by atoms with Crippen molar-refractivity contribution in [3.05, 3.63) is 23.8 Å². The molecule has 0 bridgehead atoms. The molecule has 0 unspecified atom stereocenters. The molecular formula is C12H16N2O3. The quantitative estimate of drug-likeness (QED) is 0.742. The standard InChI is InChI=1S/C12H16N2O3/c13-8-12(16)10-7-9(1-2-11(10)15)14-3-5-17-6-4-14/h1-2,7,15H,3-6,8,13H2. The fourth-order valence-electron chi connectivity index (χ4n) is 1.88. The largest absolute Gasteiger partial charge is 0.507 e. The maximum atomic E-state index is 11.5. The van der Waals surface area contributed by atoms with Crippen molar-refractivity contribution in [2.75, 3.05) is 37.7 Å². The van der Waals surface area contributed by atoms with E-state index in [-0.39, 0.29) is 23.6 Å². The maximum absolute atomic E-state index is 11.5. The lowest BCUT2D eigenvalue weighted by molar-refractivity contribution is 0.0999. The lowest BCUT2D eigenvalue weighted by atomic mass is 10.1. The van der Waals surface area contributed by atoms with E-state index in [4.69, 9.17) is 10.5 Å². The second kappa shape index (κ2) is 5.16. The minimum atomic E-state index is -0.252. The second-order valence-electron chi connectivity index (χ2n) is 3.93. The molecule has 92 valence electrons. The van der Waals surface area contributed by atoms with Gasteiger partial charge in [-0.25, -0.2) is 0 Å². The Kier molecular flexibility index (Phi) is 3.61. The highest BCUT2D eigenvalue weighted by Gasteiger charge is 2.15. The number of nitrogens with two attached hydrogens (primary N) is 1. The molecule has 0 aliphatic carbocycles. The lowest BCUT2D eigenvalue weighted by Gasteiger charge is -2.29. The average Bonchev–Trinajstić information content (AvgIpc) is 2.39. The highest BCUT2D eigenvalue weighted by Crippen LogP contribution is 2.24. The van der Waals surface area contributed by atoms with E-state index < -0.39 is 0 Å². The Morgan fingerprint density at radius 2 is 2.12 bits per heavy atom. The van der Waals surface area contributed by atoms with Crippen LogP contribution in [-0.4, -0.2) is 43.7 Å². The summed E-state index contributed by atoms with van der Waals surface area (Å²) in [5.41, 5.74) is 6.51. The highest BCUT2D eigenvalue weighted by atomic mass is 16.5. The van der Waals surface area contributed by atoms with Crippen molar-refractivity contribution in [3.63, 3.8) is 0 Å². The summed E-state index contributed by atoms with van der Waals surface area (Å²) in [7, 11) is 0. The maximum Gasteiger partial charge on any atom is 0.180 e. The Hall–Kier alpha value is -1.59. The average molecular weight is 236 g/mol. The predicted octanol–water partition coefficient (Wildman–Crippen LogP) is 0.370. The molecule has 1 aliphatic rings. The van der Waals surface area contributed by atoms with E-state index in [2.05, 4.69) is 4.90 Å². The summed E-state index contributed by atoms with van der Waals surface area (Å²) in [4.78, 5) is 13.7. The van der Waals surface area contributed by atoms with Crippen LogP contribution in [0.1, 0.15) is 10.4 Å². The summed E-state index contributed by atoms with van der Waals surface area (Å²) in [5.74, 6) is -0.268. The third kappa shape index (κ3) is 2.57. The third-order valence-electron chi connectivity index (χ3n) is 2.84. The van der Waals surface area contributed by atoms with Crippen molar-refractivity contribution in [1.82, 2.24) is 0 Å². The van der Waals surface area contributed by atoms with Crippen molar-refractivity contribution >= 4 is 11.5 Å². The number of morpholine rings is 1. The van der Waals surface area contributed by atoms with Crippen molar-refractivity contribution in [3.8, 4) is 5.75 Å². The van der Waals surface area contributed by atoms with E-state index in [1.165, 1.54) is 6.07 Å². The highest BCUT2D eigenvalue weighted by molar-refractivity contribution is 6.00. The predicted molar refractivity (Wildman–Crippen MR) is 64.5 cm³/mol. The van der Waals surface area contributed by atoms with E-state index in [1.54, 1.807) is 12.1 Å². The SMILES string of the molecule is NCC(=O)c1cc(N2CCOCC2)ccc1O. The molecule has 0 atom stereocenters. The van der Waals surface area contributed by atoms with Crippen LogP contribution in [0.2, 0.25) is 0 Å². The lowest BCUT2D eigenvalue weighted by Crippen LogP contribution is -2.36. The van der Waals surface area contributed by atoms with Gasteiger partial charge in [-0.05, 0) is 18.2 Å². The summed E-state index contributed by atoms with van der Waals surface area (Å²) >= 11 is 0. The van der Waals surface area contributed by atoms with Gasteiger partial charge in [0.25, 0.3) is 0 Å². The van der Waals surface area contributed by atoms with E-state index in [9.17, 15) is 9.90 Å². The van der Waals surface area contributed by atoms with Gasteiger partial charge in [0.1, 0.15) is 5.75 Å². The molecular weight excluding hydrogens is 220 g/mol. The minimum absolute atomic E-state index is 0.0162. The van der Waals surface area contributed by atoms with Gasteiger partial charge in [-0.1, -0.05) is 0 Å². The van der Waals surface area contributed by atoms with Crippen molar-refractivity contribution in [2.45, 2.75) is 0 Å². The number of Topliss-reactive ketones (excluding diaryl/α,β-unsaturated/α-hetero) is 1. The molecule has 0 radical (unpaired) electrons. The number of benzene rings is 1. The van der Waals surface area contributed by atoms with Crippen molar-refractivity contribution in [2.24, 2.45) is 5.73 Å². The molecule has 1 aromatic rings. The number of carbonyl (C=O) groups excluding carboxylic acids is 1. The van der Waals surface area contributed by atoms with E-state index in [0.717, 1.165) is 18.8 Å². The molecule has 3 N–H and O–H groups in total. The zero-order chi connectivity index (χ0) is 12.3. The summed E-state index contributed by atoms with van der Waals surface area (Å²) < 4.78 is 5.27. The Labute approximate surface area is 99.8 Å². The van der Waals surface area contributed by atoms with Crippen molar-refractivity contribution in [1.29, 1.82) is 0 Å². The van der Waals surface area contributed by atoms with Gasteiger partial charge in [-0.15, -0.1) is 0 Å². The first-order chi connectivity index (χ1) is 8.22. The molecule has 0 aromatic heterocycles. The van der Waals surface area contributed by atoms with Crippen LogP contribution in [0.25, 0.3) is 0 Å². The van der Waals surface area contributed by atoms with Gasteiger partial charge in [0.15, 0.2) is 5.78 Å². The zero-order valence-electron chi connectivity index (χ0n) is 9.56. The van der Waals surface area contributed by atoms with Gasteiger partial charge >= 0.3 is 0 Å². The number of rotatable bonds is 3. The number of carbonyl (C=O) groups is 1. The smallest absolute Gasteiger partial charge is 0.180 e. The minimum Gasteiger partial charge on any atom is -0.507 e. The van der Waals surface area contributed by atoms with Crippen LogP contribution in [0.5, 0.6) is 5.75 Å². The molecule has 5 heteroatoms. The number of ketones is 1. The fourth-order valence-corrected chi connectivity index (χ4v) is 1.88.